The van der Waals surface area contributed by atoms with Crippen LogP contribution in [0, 0.1) is 0 Å². The Balaban J connectivity index is 2.11. The van der Waals surface area contributed by atoms with Crippen molar-refractivity contribution in [3.8, 4) is 5.75 Å². The molecular formula is C19H20ClF3N2O. The first-order valence-electron chi connectivity index (χ1n) is 8.54. The van der Waals surface area contributed by atoms with Crippen molar-refractivity contribution >= 4 is 23.0 Å². The zero-order valence-corrected chi connectivity index (χ0v) is 15.1. The number of nitrogens with one attached hydrogen (secondary N) is 1. The van der Waals surface area contributed by atoms with E-state index in [0.717, 1.165) is 37.2 Å². The van der Waals surface area contributed by atoms with Gasteiger partial charge >= 0.3 is 6.36 Å². The Labute approximate surface area is 155 Å². The smallest absolute Gasteiger partial charge is 0.404 e. The second kappa shape index (κ2) is 7.76. The highest BCUT2D eigenvalue weighted by molar-refractivity contribution is 6.33. The van der Waals surface area contributed by atoms with Crippen molar-refractivity contribution < 1.29 is 17.9 Å². The van der Waals surface area contributed by atoms with Crippen molar-refractivity contribution in [3.05, 3.63) is 52.5 Å². The van der Waals surface area contributed by atoms with Gasteiger partial charge in [-0.1, -0.05) is 29.8 Å². The van der Waals surface area contributed by atoms with Crippen LogP contribution in [0.1, 0.15) is 18.1 Å². The summed E-state index contributed by atoms with van der Waals surface area (Å²) in [4.78, 5) is 1.80. The number of anilines is 2. The average molecular weight is 385 g/mol. The molecule has 0 bridgehead atoms. The number of rotatable bonds is 4. The molecule has 1 aliphatic heterocycles. The van der Waals surface area contributed by atoms with Crippen molar-refractivity contribution in [2.24, 2.45) is 0 Å². The first-order valence-corrected chi connectivity index (χ1v) is 8.91. The van der Waals surface area contributed by atoms with Crippen LogP contribution < -0.4 is 15.0 Å². The average Bonchev–Trinajstić information content (AvgIpc) is 2.83. The summed E-state index contributed by atoms with van der Waals surface area (Å²) < 4.78 is 42.7. The van der Waals surface area contributed by atoms with E-state index in [4.69, 9.17) is 11.6 Å². The lowest BCUT2D eigenvalue weighted by Crippen LogP contribution is -2.23. The molecule has 3 nitrogen and oxygen atoms in total. The predicted molar refractivity (Wildman–Crippen MR) is 97.5 cm³/mol. The number of hydrogen-bond acceptors (Lipinski definition) is 3. The predicted octanol–water partition coefficient (Wildman–Crippen LogP) is 5.08. The van der Waals surface area contributed by atoms with Crippen molar-refractivity contribution in [3.63, 3.8) is 0 Å². The molecule has 1 N–H and O–H groups in total. The van der Waals surface area contributed by atoms with E-state index in [1.54, 1.807) is 17.0 Å². The lowest BCUT2D eigenvalue weighted by atomic mass is 9.99. The molecule has 2 aromatic rings. The standard InChI is InChI=1S/C19H20ClF3N2O/c1-2-25(16-5-3-4-6-17(16)26-19(21,22)23)18-14-10-12-24-11-9-13(14)7-8-15(18)20/h3-8,24H,2,9-12H2,1H3. The summed E-state index contributed by atoms with van der Waals surface area (Å²) >= 11 is 6.50. The van der Waals surface area contributed by atoms with Crippen molar-refractivity contribution in [1.29, 1.82) is 0 Å². The lowest BCUT2D eigenvalue weighted by Gasteiger charge is -2.29. The van der Waals surface area contributed by atoms with E-state index in [0.29, 0.717) is 17.3 Å². The lowest BCUT2D eigenvalue weighted by molar-refractivity contribution is -0.274. The second-order valence-electron chi connectivity index (χ2n) is 6.04. The molecule has 0 saturated heterocycles. The van der Waals surface area contributed by atoms with Gasteiger partial charge in [-0.15, -0.1) is 13.2 Å². The summed E-state index contributed by atoms with van der Waals surface area (Å²) in [5.41, 5.74) is 3.35. The number of halogens is 4. The molecule has 7 heteroatoms. The summed E-state index contributed by atoms with van der Waals surface area (Å²) in [6, 6.07) is 9.97. The normalized spacial score (nSPS) is 14.5. The third kappa shape index (κ3) is 4.07. The molecule has 0 amide bonds. The molecule has 26 heavy (non-hydrogen) atoms. The van der Waals surface area contributed by atoms with Gasteiger partial charge in [0.25, 0.3) is 0 Å². The minimum absolute atomic E-state index is 0.234. The minimum Gasteiger partial charge on any atom is -0.404 e. The maximum absolute atomic E-state index is 12.8. The highest BCUT2D eigenvalue weighted by atomic mass is 35.5. The van der Waals surface area contributed by atoms with Crippen LogP contribution in [0.5, 0.6) is 5.75 Å². The van der Waals surface area contributed by atoms with Crippen molar-refractivity contribution in [2.75, 3.05) is 24.5 Å². The Bertz CT molecular complexity index is 780. The third-order valence-corrected chi connectivity index (χ3v) is 4.73. The number of hydrogen-bond donors (Lipinski definition) is 1. The number of para-hydroxylation sites is 2. The van der Waals surface area contributed by atoms with Crippen LogP contribution in [0.3, 0.4) is 0 Å². The summed E-state index contributed by atoms with van der Waals surface area (Å²) in [5.74, 6) is -0.234. The number of fused-ring (bicyclic) bond motifs is 1. The van der Waals surface area contributed by atoms with Crippen molar-refractivity contribution in [1.82, 2.24) is 5.32 Å². The number of alkyl halides is 3. The maximum Gasteiger partial charge on any atom is 0.573 e. The molecule has 0 aliphatic carbocycles. The van der Waals surface area contributed by atoms with E-state index < -0.39 is 6.36 Å². The molecule has 0 atom stereocenters. The van der Waals surface area contributed by atoms with E-state index in [1.165, 1.54) is 17.7 Å². The molecule has 3 rings (SSSR count). The fraction of sp³-hybridized carbons (Fsp3) is 0.368. The molecule has 0 saturated carbocycles. The Hall–Kier alpha value is -1.92. The Kier molecular flexibility index (Phi) is 5.63. The maximum atomic E-state index is 12.8. The minimum atomic E-state index is -4.75. The first kappa shape index (κ1) is 18.9. The van der Waals surface area contributed by atoms with Gasteiger partial charge < -0.3 is 15.0 Å². The van der Waals surface area contributed by atoms with Gasteiger partial charge in [-0.2, -0.15) is 0 Å². The highest BCUT2D eigenvalue weighted by Gasteiger charge is 2.33. The fourth-order valence-corrected chi connectivity index (χ4v) is 3.64. The Morgan fingerprint density at radius 2 is 1.85 bits per heavy atom. The second-order valence-corrected chi connectivity index (χ2v) is 6.45. The monoisotopic (exact) mass is 384 g/mol. The fourth-order valence-electron chi connectivity index (χ4n) is 3.36. The highest BCUT2D eigenvalue weighted by Crippen LogP contribution is 2.42. The summed E-state index contributed by atoms with van der Waals surface area (Å²) in [5, 5.41) is 3.87. The number of benzene rings is 2. The van der Waals surface area contributed by atoms with E-state index in [9.17, 15) is 13.2 Å². The molecule has 0 unspecified atom stereocenters. The molecule has 0 fully saturated rings. The molecule has 1 heterocycles. The Morgan fingerprint density at radius 1 is 1.12 bits per heavy atom. The number of nitrogens with zero attached hydrogens (tertiary/aromatic N) is 1. The zero-order valence-electron chi connectivity index (χ0n) is 14.4. The van der Waals surface area contributed by atoms with Crippen LogP contribution in [0.15, 0.2) is 36.4 Å². The van der Waals surface area contributed by atoms with Gasteiger partial charge in [-0.3, -0.25) is 0 Å². The molecule has 1 aliphatic rings. The third-order valence-electron chi connectivity index (χ3n) is 4.42. The van der Waals surface area contributed by atoms with Crippen LogP contribution in [-0.2, 0) is 12.8 Å². The van der Waals surface area contributed by atoms with E-state index in [2.05, 4.69) is 10.1 Å². The van der Waals surface area contributed by atoms with Gasteiger partial charge in [0.2, 0.25) is 0 Å². The van der Waals surface area contributed by atoms with Gasteiger partial charge in [0.05, 0.1) is 16.4 Å². The van der Waals surface area contributed by atoms with Crippen molar-refractivity contribution in [2.45, 2.75) is 26.1 Å². The van der Waals surface area contributed by atoms with Gasteiger partial charge in [-0.25, -0.2) is 0 Å². The van der Waals surface area contributed by atoms with Gasteiger partial charge in [0.15, 0.2) is 5.75 Å². The van der Waals surface area contributed by atoms with Gasteiger partial charge in [-0.05, 0) is 62.2 Å². The number of ether oxygens (including phenoxy) is 1. The van der Waals surface area contributed by atoms with Crippen LogP contribution in [0.4, 0.5) is 24.5 Å². The zero-order chi connectivity index (χ0) is 18.7. The molecule has 0 spiro atoms. The Morgan fingerprint density at radius 3 is 2.58 bits per heavy atom. The summed E-state index contributed by atoms with van der Waals surface area (Å²) in [6.07, 6.45) is -3.13. The summed E-state index contributed by atoms with van der Waals surface area (Å²) in [6.45, 7) is 4.02. The molecule has 0 radical (unpaired) electrons. The van der Waals surface area contributed by atoms with Crippen LogP contribution >= 0.6 is 11.6 Å². The quantitative estimate of drug-likeness (QED) is 0.795. The van der Waals surface area contributed by atoms with E-state index in [-0.39, 0.29) is 5.75 Å². The molecule has 140 valence electrons. The summed E-state index contributed by atoms with van der Waals surface area (Å²) in [7, 11) is 0. The molecule has 0 aromatic heterocycles. The van der Waals surface area contributed by atoms with Gasteiger partial charge in [0, 0.05) is 6.54 Å². The largest absolute Gasteiger partial charge is 0.573 e. The molecular weight excluding hydrogens is 365 g/mol. The van der Waals surface area contributed by atoms with Crippen LogP contribution in [-0.4, -0.2) is 26.0 Å². The topological polar surface area (TPSA) is 24.5 Å². The van der Waals surface area contributed by atoms with E-state index >= 15 is 0 Å². The SMILES string of the molecule is CCN(c1ccccc1OC(F)(F)F)c1c(Cl)ccc2c1CCNCC2. The first-order chi connectivity index (χ1) is 12.4. The molecule has 2 aromatic carbocycles. The van der Waals surface area contributed by atoms with Gasteiger partial charge in [0.1, 0.15) is 0 Å². The van der Waals surface area contributed by atoms with Crippen LogP contribution in [0.2, 0.25) is 5.02 Å². The van der Waals surface area contributed by atoms with E-state index in [1.807, 2.05) is 19.1 Å². The van der Waals surface area contributed by atoms with Crippen LogP contribution in [0.25, 0.3) is 0 Å².